The second kappa shape index (κ2) is 9.88. The summed E-state index contributed by atoms with van der Waals surface area (Å²) in [5, 5.41) is 2.95. The monoisotopic (exact) mass is 475 g/mol. The van der Waals surface area contributed by atoms with Crippen molar-refractivity contribution in [3.63, 3.8) is 0 Å². The summed E-state index contributed by atoms with van der Waals surface area (Å²) in [6.45, 7) is 1.86. The zero-order valence-electron chi connectivity index (χ0n) is 17.7. The fourth-order valence-corrected chi connectivity index (χ4v) is 4.52. The number of carbonyl (C=O) groups excluding carboxylic acids is 1. The highest BCUT2D eigenvalue weighted by atomic mass is 35.5. The molecule has 0 aliphatic rings. The van der Waals surface area contributed by atoms with Crippen LogP contribution in [-0.4, -0.2) is 33.5 Å². The quantitative estimate of drug-likeness (QED) is 0.513. The molecule has 3 rings (SSSR count). The number of aromatic nitrogens is 1. The summed E-state index contributed by atoms with van der Waals surface area (Å²) in [4.78, 5) is 16.7. The van der Waals surface area contributed by atoms with E-state index in [4.69, 9.17) is 21.1 Å². The Labute approximate surface area is 191 Å². The Hall–Kier alpha value is -3.30. The molecular formula is C22H22ClN3O5S. The van der Waals surface area contributed by atoms with Crippen molar-refractivity contribution in [3.8, 4) is 11.5 Å². The predicted octanol–water partition coefficient (Wildman–Crippen LogP) is 3.79. The second-order valence-electron chi connectivity index (χ2n) is 6.78. The lowest BCUT2D eigenvalue weighted by atomic mass is 10.1. The SMILES string of the molecule is COc1cc(OC)c(NS(=O)(=O)c2cc(C(=O)NCc3ccccn3)ccc2C)cc1Cl. The van der Waals surface area contributed by atoms with Gasteiger partial charge in [0.15, 0.2) is 0 Å². The summed E-state index contributed by atoms with van der Waals surface area (Å²) in [7, 11) is -1.21. The molecule has 1 amide bonds. The van der Waals surface area contributed by atoms with Crippen molar-refractivity contribution in [3.05, 3.63) is 76.6 Å². The maximum absolute atomic E-state index is 13.1. The highest BCUT2D eigenvalue weighted by Gasteiger charge is 2.22. The molecule has 2 N–H and O–H groups in total. The number of hydrogen-bond acceptors (Lipinski definition) is 6. The van der Waals surface area contributed by atoms with E-state index < -0.39 is 15.9 Å². The molecule has 3 aromatic rings. The molecule has 0 atom stereocenters. The Bertz CT molecular complexity index is 1230. The van der Waals surface area contributed by atoms with Crippen LogP contribution in [-0.2, 0) is 16.6 Å². The first-order valence-corrected chi connectivity index (χ1v) is 11.3. The summed E-state index contributed by atoms with van der Waals surface area (Å²) in [5.41, 5.74) is 1.50. The molecule has 10 heteroatoms. The highest BCUT2D eigenvalue weighted by molar-refractivity contribution is 7.92. The smallest absolute Gasteiger partial charge is 0.262 e. The van der Waals surface area contributed by atoms with Gasteiger partial charge in [0.25, 0.3) is 15.9 Å². The normalized spacial score (nSPS) is 11.0. The predicted molar refractivity (Wildman–Crippen MR) is 122 cm³/mol. The van der Waals surface area contributed by atoms with Crippen molar-refractivity contribution in [2.75, 3.05) is 18.9 Å². The van der Waals surface area contributed by atoms with Gasteiger partial charge in [-0.25, -0.2) is 8.42 Å². The molecule has 0 saturated heterocycles. The molecule has 1 heterocycles. The molecule has 0 fully saturated rings. The van der Waals surface area contributed by atoms with Gasteiger partial charge >= 0.3 is 0 Å². The lowest BCUT2D eigenvalue weighted by molar-refractivity contribution is 0.0950. The van der Waals surface area contributed by atoms with Crippen molar-refractivity contribution >= 4 is 33.2 Å². The van der Waals surface area contributed by atoms with Crippen molar-refractivity contribution in [2.45, 2.75) is 18.4 Å². The first kappa shape index (κ1) is 23.4. The largest absolute Gasteiger partial charge is 0.495 e. The van der Waals surface area contributed by atoms with E-state index >= 15 is 0 Å². The van der Waals surface area contributed by atoms with E-state index in [9.17, 15) is 13.2 Å². The number of benzene rings is 2. The van der Waals surface area contributed by atoms with Crippen LogP contribution in [0.25, 0.3) is 0 Å². The standard InChI is InChI=1S/C22H22ClN3O5S/c1-14-7-8-15(22(27)25-13-16-6-4-5-9-24-16)10-21(14)32(28,29)26-18-11-17(23)19(30-2)12-20(18)31-3/h4-12,26H,13H2,1-3H3,(H,25,27). The highest BCUT2D eigenvalue weighted by Crippen LogP contribution is 2.37. The summed E-state index contributed by atoms with van der Waals surface area (Å²) in [6, 6.07) is 12.7. The minimum atomic E-state index is -4.06. The number of nitrogens with one attached hydrogen (secondary N) is 2. The molecule has 32 heavy (non-hydrogen) atoms. The van der Waals surface area contributed by atoms with E-state index in [1.165, 1.54) is 32.4 Å². The third-order valence-electron chi connectivity index (χ3n) is 4.61. The van der Waals surface area contributed by atoms with E-state index in [1.807, 2.05) is 6.07 Å². The van der Waals surface area contributed by atoms with Crippen LogP contribution in [0.15, 0.2) is 59.6 Å². The molecule has 0 bridgehead atoms. The molecule has 0 unspecified atom stereocenters. The van der Waals surface area contributed by atoms with Crippen molar-refractivity contribution in [1.82, 2.24) is 10.3 Å². The van der Waals surface area contributed by atoms with Crippen LogP contribution in [0.5, 0.6) is 11.5 Å². The number of anilines is 1. The average molecular weight is 476 g/mol. The van der Waals surface area contributed by atoms with Gasteiger partial charge in [-0.2, -0.15) is 0 Å². The fourth-order valence-electron chi connectivity index (χ4n) is 2.95. The summed E-state index contributed by atoms with van der Waals surface area (Å²) < 4.78 is 39.1. The minimum absolute atomic E-state index is 0.0445. The van der Waals surface area contributed by atoms with Crippen molar-refractivity contribution in [1.29, 1.82) is 0 Å². The molecule has 0 saturated carbocycles. The van der Waals surface area contributed by atoms with Gasteiger partial charge in [0.05, 0.1) is 42.1 Å². The van der Waals surface area contributed by atoms with Crippen LogP contribution in [0.3, 0.4) is 0 Å². The lowest BCUT2D eigenvalue weighted by Gasteiger charge is -2.16. The Morgan fingerprint density at radius 3 is 2.47 bits per heavy atom. The van der Waals surface area contributed by atoms with E-state index in [1.54, 1.807) is 37.4 Å². The first-order valence-electron chi connectivity index (χ1n) is 9.48. The van der Waals surface area contributed by atoms with Gasteiger partial charge in [0.2, 0.25) is 0 Å². The summed E-state index contributed by atoms with van der Waals surface area (Å²) in [6.07, 6.45) is 1.63. The van der Waals surface area contributed by atoms with Gasteiger partial charge in [-0.05, 0) is 42.8 Å². The van der Waals surface area contributed by atoms with Crippen LogP contribution in [0.2, 0.25) is 5.02 Å². The Morgan fingerprint density at radius 1 is 1.06 bits per heavy atom. The molecular weight excluding hydrogens is 454 g/mol. The molecule has 1 aromatic heterocycles. The van der Waals surface area contributed by atoms with Crippen LogP contribution in [0.4, 0.5) is 5.69 Å². The lowest BCUT2D eigenvalue weighted by Crippen LogP contribution is -2.24. The van der Waals surface area contributed by atoms with Gasteiger partial charge in [-0.15, -0.1) is 0 Å². The molecule has 2 aromatic carbocycles. The number of pyridine rings is 1. The van der Waals surface area contributed by atoms with Crippen molar-refractivity contribution in [2.24, 2.45) is 0 Å². The summed E-state index contributed by atoms with van der Waals surface area (Å²) >= 11 is 6.14. The number of nitrogens with zero attached hydrogens (tertiary/aromatic N) is 1. The maximum atomic E-state index is 13.1. The zero-order chi connectivity index (χ0) is 23.3. The Kier molecular flexibility index (Phi) is 7.22. The number of aryl methyl sites for hydroxylation is 1. The number of hydrogen-bond donors (Lipinski definition) is 2. The number of carbonyl (C=O) groups is 1. The number of methoxy groups -OCH3 is 2. The molecule has 168 valence electrons. The third kappa shape index (κ3) is 5.30. The molecule has 0 aliphatic carbocycles. The van der Waals surface area contributed by atoms with Gasteiger partial charge in [0.1, 0.15) is 11.5 Å². The second-order valence-corrected chi connectivity index (χ2v) is 8.83. The van der Waals surface area contributed by atoms with Gasteiger partial charge < -0.3 is 14.8 Å². The third-order valence-corrected chi connectivity index (χ3v) is 6.42. The first-order chi connectivity index (χ1) is 15.2. The number of rotatable bonds is 8. The van der Waals surface area contributed by atoms with Crippen LogP contribution < -0.4 is 19.5 Å². The number of amides is 1. The van der Waals surface area contributed by atoms with E-state index in [0.717, 1.165) is 0 Å². The summed E-state index contributed by atoms with van der Waals surface area (Å²) in [5.74, 6) is 0.156. The van der Waals surface area contributed by atoms with Crippen molar-refractivity contribution < 1.29 is 22.7 Å². The molecule has 8 nitrogen and oxygen atoms in total. The Morgan fingerprint density at radius 2 is 1.81 bits per heavy atom. The Balaban J connectivity index is 1.87. The van der Waals surface area contributed by atoms with Gasteiger partial charge in [-0.3, -0.25) is 14.5 Å². The average Bonchev–Trinajstić information content (AvgIpc) is 2.78. The van der Waals surface area contributed by atoms with Crippen LogP contribution in [0, 0.1) is 6.92 Å². The maximum Gasteiger partial charge on any atom is 0.262 e. The number of sulfonamides is 1. The topological polar surface area (TPSA) is 107 Å². The minimum Gasteiger partial charge on any atom is -0.495 e. The van der Waals surface area contributed by atoms with Crippen LogP contribution >= 0.6 is 11.6 Å². The van der Waals surface area contributed by atoms with Gasteiger partial charge in [0, 0.05) is 17.8 Å². The molecule has 0 radical (unpaired) electrons. The van der Waals surface area contributed by atoms with E-state index in [-0.39, 0.29) is 33.5 Å². The fraction of sp³-hybridized carbons (Fsp3) is 0.182. The number of halogens is 1. The number of ether oxygens (including phenoxy) is 2. The molecule has 0 aliphatic heterocycles. The van der Waals surface area contributed by atoms with Gasteiger partial charge in [-0.1, -0.05) is 23.7 Å². The molecule has 0 spiro atoms. The van der Waals surface area contributed by atoms with E-state index in [2.05, 4.69) is 15.0 Å². The zero-order valence-corrected chi connectivity index (χ0v) is 19.3. The van der Waals surface area contributed by atoms with Crippen LogP contribution in [0.1, 0.15) is 21.6 Å². The van der Waals surface area contributed by atoms with E-state index in [0.29, 0.717) is 17.0 Å².